The van der Waals surface area contributed by atoms with Gasteiger partial charge in [0, 0.05) is 22.8 Å². The minimum atomic E-state index is 0.408. The van der Waals surface area contributed by atoms with Gasteiger partial charge in [0.15, 0.2) is 0 Å². The fraction of sp³-hybridized carbons (Fsp3) is 0.150. The molecule has 6 nitrogen and oxygen atoms in total. The second-order valence-electron chi connectivity index (χ2n) is 5.74. The molecule has 0 radical (unpaired) electrons. The first-order chi connectivity index (χ1) is 13.8. The van der Waals surface area contributed by atoms with E-state index >= 15 is 0 Å². The number of nitrogens with zero attached hydrogens (tertiary/aromatic N) is 3. The third-order valence-corrected chi connectivity index (χ3v) is 5.75. The predicted molar refractivity (Wildman–Crippen MR) is 110 cm³/mol. The number of rotatable bonds is 7. The van der Waals surface area contributed by atoms with E-state index in [1.807, 2.05) is 30.3 Å². The molecule has 0 fully saturated rings. The van der Waals surface area contributed by atoms with Crippen LogP contribution >= 0.6 is 23.1 Å². The lowest BCUT2D eigenvalue weighted by Crippen LogP contribution is -1.90. The summed E-state index contributed by atoms with van der Waals surface area (Å²) in [6.45, 7) is 0. The van der Waals surface area contributed by atoms with Crippen LogP contribution in [0.1, 0.15) is 5.69 Å². The quantitative estimate of drug-likeness (QED) is 0.389. The molecular formula is C20H17N3O3S2. The lowest BCUT2D eigenvalue weighted by Gasteiger charge is -2.07. The molecule has 0 N–H and O–H groups in total. The van der Waals surface area contributed by atoms with Crippen molar-refractivity contribution in [2.45, 2.75) is 11.0 Å². The van der Waals surface area contributed by atoms with Crippen molar-refractivity contribution in [2.75, 3.05) is 14.2 Å². The van der Waals surface area contributed by atoms with Crippen LogP contribution < -0.4 is 9.47 Å². The Labute approximate surface area is 170 Å². The van der Waals surface area contributed by atoms with E-state index in [2.05, 4.69) is 32.7 Å². The molecule has 0 bridgehead atoms. The second kappa shape index (κ2) is 8.45. The summed E-state index contributed by atoms with van der Waals surface area (Å²) in [5, 5.41) is 11.8. The van der Waals surface area contributed by atoms with Gasteiger partial charge in [-0.15, -0.1) is 21.5 Å². The summed E-state index contributed by atoms with van der Waals surface area (Å²) < 4.78 is 16.4. The molecule has 28 heavy (non-hydrogen) atoms. The molecule has 0 aliphatic rings. The number of hydrogen-bond donors (Lipinski definition) is 0. The van der Waals surface area contributed by atoms with Gasteiger partial charge < -0.3 is 13.9 Å². The van der Waals surface area contributed by atoms with E-state index in [1.165, 1.54) is 11.8 Å². The third kappa shape index (κ3) is 4.02. The van der Waals surface area contributed by atoms with Crippen molar-refractivity contribution in [1.29, 1.82) is 0 Å². The molecule has 4 rings (SSSR count). The van der Waals surface area contributed by atoms with E-state index in [4.69, 9.17) is 13.9 Å². The average Bonchev–Trinajstić information content (AvgIpc) is 3.42. The highest BCUT2D eigenvalue weighted by molar-refractivity contribution is 7.98. The molecule has 0 aliphatic heterocycles. The maximum Gasteiger partial charge on any atom is 0.277 e. The molecule has 0 spiro atoms. The Balaban J connectivity index is 1.45. The Bertz CT molecular complexity index is 1060. The SMILES string of the molecule is COc1ccc(-c2nnc(SCc3csc(-c4ccccc4)n3)o2)c(OC)c1. The predicted octanol–water partition coefficient (Wildman–Crippen LogP) is 5.17. The van der Waals surface area contributed by atoms with Crippen LogP contribution in [-0.2, 0) is 5.75 Å². The molecule has 142 valence electrons. The minimum Gasteiger partial charge on any atom is -0.497 e. The van der Waals surface area contributed by atoms with Gasteiger partial charge in [0.2, 0.25) is 0 Å². The van der Waals surface area contributed by atoms with Crippen LogP contribution in [0.3, 0.4) is 0 Å². The van der Waals surface area contributed by atoms with Crippen molar-refractivity contribution in [3.63, 3.8) is 0 Å². The lowest BCUT2D eigenvalue weighted by atomic mass is 10.2. The van der Waals surface area contributed by atoms with E-state index in [0.717, 1.165) is 21.8 Å². The maximum absolute atomic E-state index is 5.79. The third-order valence-electron chi connectivity index (χ3n) is 3.96. The highest BCUT2D eigenvalue weighted by Crippen LogP contribution is 2.34. The summed E-state index contributed by atoms with van der Waals surface area (Å²) in [6.07, 6.45) is 0. The van der Waals surface area contributed by atoms with Crippen molar-refractivity contribution >= 4 is 23.1 Å². The summed E-state index contributed by atoms with van der Waals surface area (Å²) in [5.41, 5.74) is 2.83. The van der Waals surface area contributed by atoms with Crippen molar-refractivity contribution in [2.24, 2.45) is 0 Å². The Morgan fingerprint density at radius 3 is 2.68 bits per heavy atom. The van der Waals surface area contributed by atoms with Crippen LogP contribution in [0.2, 0.25) is 0 Å². The first-order valence-electron chi connectivity index (χ1n) is 8.45. The standard InChI is InChI=1S/C20H17N3O3S2/c1-24-15-8-9-16(17(10-15)25-2)18-22-23-20(26-18)28-12-14-11-27-19(21-14)13-6-4-3-5-7-13/h3-11H,12H2,1-2H3. The number of thioether (sulfide) groups is 1. The fourth-order valence-electron chi connectivity index (χ4n) is 2.57. The van der Waals surface area contributed by atoms with Gasteiger partial charge in [0.25, 0.3) is 11.1 Å². The van der Waals surface area contributed by atoms with Crippen LogP contribution in [-0.4, -0.2) is 29.4 Å². The van der Waals surface area contributed by atoms with Crippen molar-refractivity contribution in [1.82, 2.24) is 15.2 Å². The molecule has 2 aromatic heterocycles. The molecule has 0 atom stereocenters. The second-order valence-corrected chi connectivity index (χ2v) is 7.52. The van der Waals surface area contributed by atoms with Gasteiger partial charge in [-0.1, -0.05) is 42.1 Å². The summed E-state index contributed by atoms with van der Waals surface area (Å²) in [4.78, 5) is 4.68. The van der Waals surface area contributed by atoms with Gasteiger partial charge in [-0.25, -0.2) is 4.98 Å². The number of benzene rings is 2. The van der Waals surface area contributed by atoms with Gasteiger partial charge in [-0.05, 0) is 12.1 Å². The molecule has 0 saturated heterocycles. The summed E-state index contributed by atoms with van der Waals surface area (Å²) in [5.74, 6) is 2.38. The van der Waals surface area contributed by atoms with Crippen LogP contribution in [0.25, 0.3) is 22.0 Å². The van der Waals surface area contributed by atoms with Crippen LogP contribution in [0, 0.1) is 0 Å². The topological polar surface area (TPSA) is 70.3 Å². The average molecular weight is 412 g/mol. The van der Waals surface area contributed by atoms with Crippen molar-refractivity contribution in [3.8, 4) is 33.5 Å². The Morgan fingerprint density at radius 2 is 1.89 bits per heavy atom. The van der Waals surface area contributed by atoms with Crippen LogP contribution in [0.4, 0.5) is 0 Å². The number of methoxy groups -OCH3 is 2. The van der Waals surface area contributed by atoms with Crippen molar-refractivity contribution < 1.29 is 13.9 Å². The van der Waals surface area contributed by atoms with Gasteiger partial charge >= 0.3 is 0 Å². The highest BCUT2D eigenvalue weighted by Gasteiger charge is 2.15. The number of aromatic nitrogens is 3. The summed E-state index contributed by atoms with van der Waals surface area (Å²) in [6, 6.07) is 15.6. The van der Waals surface area contributed by atoms with E-state index < -0.39 is 0 Å². The fourth-order valence-corrected chi connectivity index (χ4v) is 4.16. The van der Waals surface area contributed by atoms with E-state index in [1.54, 1.807) is 31.6 Å². The Morgan fingerprint density at radius 1 is 1.04 bits per heavy atom. The number of thiazole rings is 1. The molecule has 0 unspecified atom stereocenters. The maximum atomic E-state index is 5.79. The van der Waals surface area contributed by atoms with Crippen LogP contribution in [0.5, 0.6) is 11.5 Å². The van der Waals surface area contributed by atoms with Gasteiger partial charge in [-0.2, -0.15) is 0 Å². The molecule has 0 aliphatic carbocycles. The van der Waals surface area contributed by atoms with Crippen LogP contribution in [0.15, 0.2) is 63.6 Å². The zero-order chi connectivity index (χ0) is 19.3. The zero-order valence-electron chi connectivity index (χ0n) is 15.3. The number of hydrogen-bond acceptors (Lipinski definition) is 8. The van der Waals surface area contributed by atoms with Gasteiger partial charge in [0.1, 0.15) is 16.5 Å². The Hall–Kier alpha value is -2.84. The number of ether oxygens (including phenoxy) is 2. The smallest absolute Gasteiger partial charge is 0.277 e. The van der Waals surface area contributed by atoms with E-state index in [-0.39, 0.29) is 0 Å². The summed E-state index contributed by atoms with van der Waals surface area (Å²) in [7, 11) is 3.20. The normalized spacial score (nSPS) is 10.8. The molecular weight excluding hydrogens is 394 g/mol. The Kier molecular flexibility index (Phi) is 5.59. The van der Waals surface area contributed by atoms with Gasteiger partial charge in [0.05, 0.1) is 25.5 Å². The molecule has 4 aromatic rings. The molecule has 0 saturated carbocycles. The first kappa shape index (κ1) is 18.5. The minimum absolute atomic E-state index is 0.408. The molecule has 2 aromatic carbocycles. The van der Waals surface area contributed by atoms with E-state index in [9.17, 15) is 0 Å². The highest BCUT2D eigenvalue weighted by atomic mass is 32.2. The van der Waals surface area contributed by atoms with E-state index in [0.29, 0.717) is 28.4 Å². The zero-order valence-corrected chi connectivity index (χ0v) is 16.9. The first-order valence-corrected chi connectivity index (χ1v) is 10.3. The largest absolute Gasteiger partial charge is 0.497 e. The van der Waals surface area contributed by atoms with Gasteiger partial charge in [-0.3, -0.25) is 0 Å². The monoisotopic (exact) mass is 411 g/mol. The molecule has 0 amide bonds. The molecule has 8 heteroatoms. The van der Waals surface area contributed by atoms with Crippen molar-refractivity contribution in [3.05, 3.63) is 59.6 Å². The lowest BCUT2D eigenvalue weighted by molar-refractivity contribution is 0.393. The summed E-state index contributed by atoms with van der Waals surface area (Å²) >= 11 is 3.09. The molecule has 2 heterocycles.